The second-order valence-electron chi connectivity index (χ2n) is 22.7. The van der Waals surface area contributed by atoms with Gasteiger partial charge in [-0.15, -0.1) is 0 Å². The summed E-state index contributed by atoms with van der Waals surface area (Å²) in [4.78, 5) is 28.1. The standard InChI is InChI=1S/C52H69NO8/c1-31(32-10-2-3-11-32)34-15-16-40-46(57)47(18-8-9-19-47)28-49(29-54)42-17-21-48-20-7-6-13-33-12-4-5-14-35(33)24-41(53-30-55)38-23-36(44(48)39-25-43(56)61-45(38)39)26-51(48,59)50(42,58)27-37(22-34)52(40,49)60/h4-5,12,14,25,29,31-32,34,36-38,40-42,44-46,53,55,57-60H,2-3,7-11,15-24,26-28,30H2,1H3/t31-,34-,36+,37-,38-,40+,41-,42-,44-,45-,46-,48-,49+,50+,51-,52+/m1/s1. The highest BCUT2D eigenvalue weighted by Gasteiger charge is 2.84. The molecule has 1 aromatic rings. The summed E-state index contributed by atoms with van der Waals surface area (Å²) in [5.41, 5.74) is -4.70. The Labute approximate surface area is 361 Å². The number of hydrogen-bond acceptors (Lipinski definition) is 9. The van der Waals surface area contributed by atoms with Crippen LogP contribution in [0.2, 0.25) is 0 Å². The lowest BCUT2D eigenvalue weighted by atomic mass is 9.33. The van der Waals surface area contributed by atoms with E-state index >= 15 is 0 Å². The van der Waals surface area contributed by atoms with E-state index in [4.69, 9.17) is 4.74 Å². The molecule has 16 atom stereocenters. The van der Waals surface area contributed by atoms with Gasteiger partial charge in [-0.1, -0.05) is 75.5 Å². The van der Waals surface area contributed by atoms with Crippen LogP contribution in [-0.4, -0.2) is 79.6 Å². The van der Waals surface area contributed by atoms with Crippen LogP contribution in [0.4, 0.5) is 0 Å². The summed E-state index contributed by atoms with van der Waals surface area (Å²) in [7, 11) is 0. The predicted molar refractivity (Wildman–Crippen MR) is 228 cm³/mol. The van der Waals surface area contributed by atoms with Crippen molar-refractivity contribution in [2.45, 2.75) is 170 Å². The Morgan fingerprint density at radius 1 is 0.951 bits per heavy atom. The minimum atomic E-state index is -1.71. The van der Waals surface area contributed by atoms with Gasteiger partial charge >= 0.3 is 5.97 Å². The highest BCUT2D eigenvalue weighted by Crippen LogP contribution is 2.79. The van der Waals surface area contributed by atoms with Crippen LogP contribution < -0.4 is 5.32 Å². The Bertz CT molecular complexity index is 2030. The number of aliphatic hydroxyl groups is 5. The van der Waals surface area contributed by atoms with Crippen LogP contribution in [0, 0.1) is 81.3 Å². The van der Waals surface area contributed by atoms with E-state index in [0.29, 0.717) is 76.0 Å². The molecule has 2 spiro atoms. The molecule has 8 saturated carbocycles. The number of benzene rings is 1. The number of carbonyl (C=O) groups is 2. The van der Waals surface area contributed by atoms with Crippen LogP contribution in [0.25, 0.3) is 0 Å². The molecule has 330 valence electrons. The second-order valence-corrected chi connectivity index (χ2v) is 22.7. The summed E-state index contributed by atoms with van der Waals surface area (Å²) in [5.74, 6) is 5.74. The minimum Gasteiger partial charge on any atom is -0.454 e. The van der Waals surface area contributed by atoms with Crippen LogP contribution >= 0.6 is 0 Å². The number of esters is 1. The molecule has 1 aliphatic heterocycles. The third-order valence-corrected chi connectivity index (χ3v) is 20.9. The maximum atomic E-state index is 14.6. The average Bonchev–Trinajstić information content (AvgIpc) is 4.05. The SMILES string of the molecule is C[C@H](C1CCCC1)[C@@H]1CC[C@H]2[C@@H](O)C3(CCCC3)C[C@]3(C=O)[C@H]4CC[C@@]56CCC#Cc7ccccc7C[C@@H](NCO)[C@H]7C[C@@H](C[C@]5(O)[C@]4(O)C[C@@H](C1)[C@]23O)[C@@H]6C1=CC(=O)O[C@@H]17. The Kier molecular flexibility index (Phi) is 9.76. The van der Waals surface area contributed by atoms with Crippen LogP contribution in [0.15, 0.2) is 35.9 Å². The molecule has 11 rings (SSSR count). The second kappa shape index (κ2) is 14.5. The third kappa shape index (κ3) is 5.42. The average molecular weight is 836 g/mol. The van der Waals surface area contributed by atoms with Gasteiger partial charge in [0.05, 0.1) is 29.5 Å². The monoisotopic (exact) mass is 836 g/mol. The van der Waals surface area contributed by atoms with E-state index in [1.807, 2.05) is 18.2 Å². The lowest BCUT2D eigenvalue weighted by molar-refractivity contribution is -0.354. The van der Waals surface area contributed by atoms with Crippen molar-refractivity contribution >= 4 is 12.3 Å². The maximum absolute atomic E-state index is 14.6. The molecule has 8 fully saturated rings. The van der Waals surface area contributed by atoms with E-state index in [9.17, 15) is 35.1 Å². The third-order valence-electron chi connectivity index (χ3n) is 20.9. The molecule has 9 heteroatoms. The Morgan fingerprint density at radius 3 is 2.51 bits per heavy atom. The van der Waals surface area contributed by atoms with Crippen LogP contribution in [0.1, 0.15) is 140 Å². The van der Waals surface area contributed by atoms with Gasteiger partial charge in [-0.3, -0.25) is 5.32 Å². The molecule has 1 aromatic carbocycles. The molecule has 10 aliphatic rings. The smallest absolute Gasteiger partial charge is 0.331 e. The van der Waals surface area contributed by atoms with E-state index in [2.05, 4.69) is 30.1 Å². The lowest BCUT2D eigenvalue weighted by Crippen LogP contribution is -2.82. The molecule has 0 aromatic heterocycles. The molecule has 0 saturated heterocycles. The minimum absolute atomic E-state index is 0.0962. The molecule has 4 bridgehead atoms. The van der Waals surface area contributed by atoms with Gasteiger partial charge in [0.15, 0.2) is 0 Å². The fraction of sp³-hybridized carbons (Fsp3) is 0.769. The van der Waals surface area contributed by atoms with E-state index in [1.165, 1.54) is 25.7 Å². The van der Waals surface area contributed by atoms with E-state index in [1.54, 1.807) is 6.08 Å². The van der Waals surface area contributed by atoms with Crippen molar-refractivity contribution in [2.75, 3.05) is 6.73 Å². The van der Waals surface area contributed by atoms with Crippen molar-refractivity contribution in [1.29, 1.82) is 0 Å². The molecule has 1 heterocycles. The molecule has 0 unspecified atom stereocenters. The van der Waals surface area contributed by atoms with Gasteiger partial charge in [0.2, 0.25) is 0 Å². The summed E-state index contributed by atoms with van der Waals surface area (Å²) >= 11 is 0. The first kappa shape index (κ1) is 41.1. The zero-order chi connectivity index (χ0) is 42.2. The highest BCUT2D eigenvalue weighted by atomic mass is 16.5. The first-order valence-electron chi connectivity index (χ1n) is 24.5. The first-order chi connectivity index (χ1) is 29.4. The quantitative estimate of drug-likeness (QED) is 0.0887. The lowest BCUT2D eigenvalue weighted by Gasteiger charge is -2.73. The zero-order valence-electron chi connectivity index (χ0n) is 36.2. The van der Waals surface area contributed by atoms with Crippen molar-refractivity contribution in [3.63, 3.8) is 0 Å². The highest BCUT2D eigenvalue weighted by molar-refractivity contribution is 5.86. The largest absolute Gasteiger partial charge is 0.454 e. The molecule has 6 N–H and O–H groups in total. The van der Waals surface area contributed by atoms with Gasteiger partial charge in [0, 0.05) is 47.3 Å². The molecule has 9 nitrogen and oxygen atoms in total. The van der Waals surface area contributed by atoms with Crippen LogP contribution in [-0.2, 0) is 20.7 Å². The molecule has 61 heavy (non-hydrogen) atoms. The fourth-order valence-corrected chi connectivity index (χ4v) is 18.6. The molecular formula is C52H69NO8. The van der Waals surface area contributed by atoms with Crippen LogP contribution in [0.5, 0.6) is 0 Å². The number of aldehydes is 1. The van der Waals surface area contributed by atoms with Gasteiger partial charge in [-0.2, -0.15) is 0 Å². The van der Waals surface area contributed by atoms with Crippen molar-refractivity contribution in [2.24, 2.45) is 69.5 Å². The van der Waals surface area contributed by atoms with Gasteiger partial charge < -0.3 is 35.1 Å². The zero-order valence-corrected chi connectivity index (χ0v) is 36.2. The normalized spacial score (nSPS) is 48.6. The summed E-state index contributed by atoms with van der Waals surface area (Å²) in [5, 5.41) is 69.0. The molecule has 0 radical (unpaired) electrons. The van der Waals surface area contributed by atoms with E-state index < -0.39 is 63.0 Å². The van der Waals surface area contributed by atoms with Crippen molar-refractivity contribution < 1.29 is 39.9 Å². The Morgan fingerprint density at radius 2 is 1.74 bits per heavy atom. The number of fused-ring (bicyclic) bond motifs is 7. The number of ether oxygens (including phenoxy) is 1. The summed E-state index contributed by atoms with van der Waals surface area (Å²) in [6, 6.07) is 7.87. The predicted octanol–water partition coefficient (Wildman–Crippen LogP) is 6.15. The number of carbonyl (C=O) groups excluding carboxylic acids is 2. The number of rotatable bonds is 5. The molecule has 0 amide bonds. The van der Waals surface area contributed by atoms with Gasteiger partial charge in [0.1, 0.15) is 18.0 Å². The van der Waals surface area contributed by atoms with Gasteiger partial charge in [-0.25, -0.2) is 4.79 Å². The maximum Gasteiger partial charge on any atom is 0.331 e. The number of nitrogens with one attached hydrogen (secondary N) is 1. The first-order valence-corrected chi connectivity index (χ1v) is 24.5. The van der Waals surface area contributed by atoms with Gasteiger partial charge in [-0.05, 0) is 142 Å². The summed E-state index contributed by atoms with van der Waals surface area (Å²) in [6.07, 6.45) is 16.2. The Hall–Kier alpha value is -2.58. The van der Waals surface area contributed by atoms with Gasteiger partial charge in [0.25, 0.3) is 0 Å². The summed E-state index contributed by atoms with van der Waals surface area (Å²) < 4.78 is 6.26. The number of hydrogen-bond donors (Lipinski definition) is 6. The topological polar surface area (TPSA) is 157 Å². The van der Waals surface area contributed by atoms with Crippen molar-refractivity contribution in [1.82, 2.24) is 5.32 Å². The molecular weight excluding hydrogens is 767 g/mol. The fourth-order valence-electron chi connectivity index (χ4n) is 18.6. The summed E-state index contributed by atoms with van der Waals surface area (Å²) in [6.45, 7) is 2.15. The van der Waals surface area contributed by atoms with Crippen LogP contribution in [0.3, 0.4) is 0 Å². The molecule has 9 aliphatic carbocycles. The van der Waals surface area contributed by atoms with E-state index in [0.717, 1.165) is 55.1 Å². The Balaban J connectivity index is 1.08. The van der Waals surface area contributed by atoms with Crippen molar-refractivity contribution in [3.8, 4) is 11.8 Å². The van der Waals surface area contributed by atoms with E-state index in [-0.39, 0.29) is 48.8 Å². The number of aliphatic hydroxyl groups excluding tert-OH is 2. The van der Waals surface area contributed by atoms with Crippen molar-refractivity contribution in [3.05, 3.63) is 47.0 Å².